The lowest BCUT2D eigenvalue weighted by atomic mass is 9.83. The molecule has 0 saturated carbocycles. The first kappa shape index (κ1) is 22.0. The molecular weight excluding hydrogens is 416 g/mol. The van der Waals surface area contributed by atoms with Gasteiger partial charge in [-0.05, 0) is 47.9 Å². The van der Waals surface area contributed by atoms with Crippen LogP contribution < -0.4 is 10.5 Å². The maximum Gasteiger partial charge on any atom is 0.338 e. The second-order valence-corrected chi connectivity index (χ2v) is 7.61. The third-order valence-electron chi connectivity index (χ3n) is 5.57. The Morgan fingerprint density at radius 3 is 2.67 bits per heavy atom. The molecule has 1 atom stereocenters. The lowest BCUT2D eigenvalue weighted by Crippen LogP contribution is -2.25. The SMILES string of the molecule is CCOC(=O)C1=C(C)OC(N)=C(C#N)C1c1cccc(OCc2cccc3ccccc23)c1. The van der Waals surface area contributed by atoms with Crippen molar-refractivity contribution in [2.24, 2.45) is 5.73 Å². The summed E-state index contributed by atoms with van der Waals surface area (Å²) in [6, 6.07) is 23.7. The van der Waals surface area contributed by atoms with E-state index in [9.17, 15) is 10.1 Å². The fourth-order valence-electron chi connectivity index (χ4n) is 4.05. The Labute approximate surface area is 192 Å². The number of rotatable bonds is 6. The van der Waals surface area contributed by atoms with Gasteiger partial charge in [0.15, 0.2) is 0 Å². The zero-order valence-corrected chi connectivity index (χ0v) is 18.5. The molecule has 0 fully saturated rings. The zero-order chi connectivity index (χ0) is 23.4. The van der Waals surface area contributed by atoms with Crippen LogP contribution in [0, 0.1) is 11.3 Å². The number of esters is 1. The smallest absolute Gasteiger partial charge is 0.338 e. The van der Waals surface area contributed by atoms with Gasteiger partial charge in [0.2, 0.25) is 5.88 Å². The summed E-state index contributed by atoms with van der Waals surface area (Å²) in [5, 5.41) is 12.0. The Hall–Kier alpha value is -4.24. The van der Waals surface area contributed by atoms with Gasteiger partial charge in [-0.2, -0.15) is 5.26 Å². The van der Waals surface area contributed by atoms with Crippen molar-refractivity contribution in [3.05, 3.63) is 101 Å². The van der Waals surface area contributed by atoms with Crippen LogP contribution in [0.3, 0.4) is 0 Å². The molecule has 1 heterocycles. The predicted molar refractivity (Wildman–Crippen MR) is 125 cm³/mol. The Morgan fingerprint density at radius 2 is 1.88 bits per heavy atom. The summed E-state index contributed by atoms with van der Waals surface area (Å²) in [5.41, 5.74) is 8.16. The second-order valence-electron chi connectivity index (χ2n) is 7.61. The molecule has 4 rings (SSSR count). The van der Waals surface area contributed by atoms with E-state index in [-0.39, 0.29) is 23.6 Å². The van der Waals surface area contributed by atoms with Crippen LogP contribution in [-0.4, -0.2) is 12.6 Å². The molecule has 1 aliphatic heterocycles. The zero-order valence-electron chi connectivity index (χ0n) is 18.5. The molecule has 1 aliphatic rings. The number of hydrogen-bond acceptors (Lipinski definition) is 6. The predicted octanol–water partition coefficient (Wildman–Crippen LogP) is 5.06. The van der Waals surface area contributed by atoms with Crippen molar-refractivity contribution in [3.63, 3.8) is 0 Å². The highest BCUT2D eigenvalue weighted by Crippen LogP contribution is 2.40. The first-order valence-corrected chi connectivity index (χ1v) is 10.7. The number of ether oxygens (including phenoxy) is 3. The first-order chi connectivity index (χ1) is 16.0. The maximum absolute atomic E-state index is 12.7. The molecule has 0 aliphatic carbocycles. The van der Waals surface area contributed by atoms with Crippen molar-refractivity contribution in [1.29, 1.82) is 5.26 Å². The van der Waals surface area contributed by atoms with Crippen LogP contribution in [0.5, 0.6) is 5.75 Å². The van der Waals surface area contributed by atoms with Gasteiger partial charge in [-0.1, -0.05) is 54.6 Å². The van der Waals surface area contributed by atoms with E-state index in [0.717, 1.165) is 16.3 Å². The molecule has 166 valence electrons. The average Bonchev–Trinajstić information content (AvgIpc) is 2.82. The lowest BCUT2D eigenvalue weighted by molar-refractivity contribution is -0.139. The molecule has 33 heavy (non-hydrogen) atoms. The molecule has 0 spiro atoms. The number of nitrogens with two attached hydrogens (primary N) is 1. The van der Waals surface area contributed by atoms with Gasteiger partial charge in [0.05, 0.1) is 18.1 Å². The van der Waals surface area contributed by atoms with Crippen molar-refractivity contribution in [2.45, 2.75) is 26.4 Å². The van der Waals surface area contributed by atoms with Crippen LogP contribution in [0.25, 0.3) is 10.8 Å². The molecule has 2 N–H and O–H groups in total. The van der Waals surface area contributed by atoms with E-state index < -0.39 is 11.9 Å². The van der Waals surface area contributed by atoms with Gasteiger partial charge in [-0.25, -0.2) is 4.79 Å². The first-order valence-electron chi connectivity index (χ1n) is 10.7. The van der Waals surface area contributed by atoms with E-state index in [4.69, 9.17) is 19.9 Å². The number of allylic oxidation sites excluding steroid dienone is 2. The van der Waals surface area contributed by atoms with Gasteiger partial charge in [0, 0.05) is 0 Å². The summed E-state index contributed by atoms with van der Waals surface area (Å²) in [7, 11) is 0. The van der Waals surface area contributed by atoms with Crippen LogP contribution in [0.2, 0.25) is 0 Å². The molecule has 6 nitrogen and oxygen atoms in total. The fourth-order valence-corrected chi connectivity index (χ4v) is 4.05. The molecule has 0 radical (unpaired) electrons. The van der Waals surface area contributed by atoms with Gasteiger partial charge < -0.3 is 19.9 Å². The number of carbonyl (C=O) groups is 1. The Balaban J connectivity index is 1.67. The quantitative estimate of drug-likeness (QED) is 0.538. The molecule has 0 bridgehead atoms. The van der Waals surface area contributed by atoms with Crippen molar-refractivity contribution < 1.29 is 19.0 Å². The van der Waals surface area contributed by atoms with Crippen molar-refractivity contribution in [2.75, 3.05) is 6.61 Å². The molecule has 1 unspecified atom stereocenters. The molecule has 3 aromatic carbocycles. The van der Waals surface area contributed by atoms with E-state index in [1.807, 2.05) is 48.5 Å². The van der Waals surface area contributed by atoms with Crippen molar-refractivity contribution >= 4 is 16.7 Å². The third-order valence-corrected chi connectivity index (χ3v) is 5.57. The van der Waals surface area contributed by atoms with Crippen molar-refractivity contribution in [3.8, 4) is 11.8 Å². The van der Waals surface area contributed by atoms with Gasteiger partial charge >= 0.3 is 5.97 Å². The summed E-state index contributed by atoms with van der Waals surface area (Å²) in [6.45, 7) is 3.95. The minimum absolute atomic E-state index is 0.0184. The second kappa shape index (κ2) is 9.49. The summed E-state index contributed by atoms with van der Waals surface area (Å²) < 4.78 is 16.8. The minimum Gasteiger partial charge on any atom is -0.489 e. The number of fused-ring (bicyclic) bond motifs is 1. The minimum atomic E-state index is -0.705. The summed E-state index contributed by atoms with van der Waals surface area (Å²) in [4.78, 5) is 12.7. The summed E-state index contributed by atoms with van der Waals surface area (Å²) in [6.07, 6.45) is 0. The van der Waals surface area contributed by atoms with Gasteiger partial charge in [-0.15, -0.1) is 0 Å². The van der Waals surface area contributed by atoms with Crippen LogP contribution in [0.15, 0.2) is 89.5 Å². The van der Waals surface area contributed by atoms with Crippen LogP contribution in [-0.2, 0) is 20.9 Å². The number of hydrogen-bond donors (Lipinski definition) is 1. The topological polar surface area (TPSA) is 94.6 Å². The van der Waals surface area contributed by atoms with Gasteiger partial charge in [0.1, 0.15) is 29.8 Å². The van der Waals surface area contributed by atoms with Crippen molar-refractivity contribution in [1.82, 2.24) is 0 Å². The average molecular weight is 440 g/mol. The molecule has 0 amide bonds. The van der Waals surface area contributed by atoms with E-state index in [1.165, 1.54) is 0 Å². The Kier molecular flexibility index (Phi) is 6.32. The number of nitrogens with zero attached hydrogens (tertiary/aromatic N) is 1. The number of benzene rings is 3. The highest BCUT2D eigenvalue weighted by Gasteiger charge is 2.36. The molecule has 6 heteroatoms. The largest absolute Gasteiger partial charge is 0.489 e. The van der Waals surface area contributed by atoms with E-state index in [2.05, 4.69) is 24.3 Å². The monoisotopic (exact) mass is 440 g/mol. The maximum atomic E-state index is 12.7. The normalized spacial score (nSPS) is 15.7. The standard InChI is InChI=1S/C27H24N2O4/c1-3-31-27(30)24-17(2)33-26(29)23(15-28)25(24)19-10-7-12-21(14-19)32-16-20-11-6-9-18-8-4-5-13-22(18)20/h4-14,25H,3,16,29H2,1-2H3. The van der Waals surface area contributed by atoms with Gasteiger partial charge in [-0.3, -0.25) is 0 Å². The van der Waals surface area contributed by atoms with Crippen LogP contribution in [0.4, 0.5) is 0 Å². The fraction of sp³-hybridized carbons (Fsp3) is 0.185. The highest BCUT2D eigenvalue weighted by atomic mass is 16.5. The highest BCUT2D eigenvalue weighted by molar-refractivity contribution is 5.92. The van der Waals surface area contributed by atoms with E-state index in [0.29, 0.717) is 23.7 Å². The molecular formula is C27H24N2O4. The molecule has 0 aromatic heterocycles. The summed E-state index contributed by atoms with van der Waals surface area (Å²) in [5.74, 6) is -0.331. The Morgan fingerprint density at radius 1 is 1.12 bits per heavy atom. The summed E-state index contributed by atoms with van der Waals surface area (Å²) >= 11 is 0. The number of carbonyl (C=O) groups excluding carboxylic acids is 1. The van der Waals surface area contributed by atoms with E-state index in [1.54, 1.807) is 13.8 Å². The number of nitriles is 1. The lowest BCUT2D eigenvalue weighted by Gasteiger charge is -2.27. The molecule has 0 saturated heterocycles. The Bertz CT molecular complexity index is 1310. The van der Waals surface area contributed by atoms with Gasteiger partial charge in [0.25, 0.3) is 0 Å². The third kappa shape index (κ3) is 4.39. The molecule has 3 aromatic rings. The van der Waals surface area contributed by atoms with Crippen LogP contribution >= 0.6 is 0 Å². The van der Waals surface area contributed by atoms with E-state index >= 15 is 0 Å². The van der Waals surface area contributed by atoms with Crippen LogP contribution in [0.1, 0.15) is 30.9 Å².